The number of alkyl halides is 1. The molecular formula is C11H15Br2NO2. The fraction of sp³-hybridized carbons (Fsp3) is 0.545. The molecule has 0 unspecified atom stereocenters. The number of carbonyl (C=O) groups excluding carboxylic acids is 1. The first kappa shape index (κ1) is 13.8. The summed E-state index contributed by atoms with van der Waals surface area (Å²) in [5.41, 5.74) is -0.198. The van der Waals surface area contributed by atoms with Crippen molar-refractivity contribution in [2.45, 2.75) is 32.2 Å². The van der Waals surface area contributed by atoms with Crippen LogP contribution in [0.25, 0.3) is 0 Å². The van der Waals surface area contributed by atoms with Crippen molar-refractivity contribution < 1.29 is 9.21 Å². The Balaban J connectivity index is 2.76. The summed E-state index contributed by atoms with van der Waals surface area (Å²) in [7, 11) is 0. The molecule has 0 aliphatic carbocycles. The number of carbonyl (C=O) groups is 1. The normalized spacial score (nSPS) is 11.5. The molecule has 0 atom stereocenters. The molecule has 1 amide bonds. The number of amides is 1. The highest BCUT2D eigenvalue weighted by Gasteiger charge is 2.28. The van der Waals surface area contributed by atoms with Gasteiger partial charge in [-0.05, 0) is 40.9 Å². The molecule has 1 aromatic heterocycles. The third kappa shape index (κ3) is 3.10. The van der Waals surface area contributed by atoms with Crippen molar-refractivity contribution in [1.82, 2.24) is 5.32 Å². The lowest BCUT2D eigenvalue weighted by Crippen LogP contribution is -2.49. The van der Waals surface area contributed by atoms with E-state index in [-0.39, 0.29) is 11.4 Å². The van der Waals surface area contributed by atoms with Crippen molar-refractivity contribution in [2.75, 3.05) is 5.33 Å². The second kappa shape index (κ2) is 5.87. The summed E-state index contributed by atoms with van der Waals surface area (Å²) < 4.78 is 5.78. The second-order valence-electron chi connectivity index (χ2n) is 3.68. The smallest absolute Gasteiger partial charge is 0.287 e. The Kier molecular flexibility index (Phi) is 5.05. The molecule has 0 aliphatic heterocycles. The van der Waals surface area contributed by atoms with Gasteiger partial charge in [0.1, 0.15) is 0 Å². The van der Waals surface area contributed by atoms with E-state index in [1.807, 2.05) is 0 Å². The summed E-state index contributed by atoms with van der Waals surface area (Å²) in [4.78, 5) is 11.9. The van der Waals surface area contributed by atoms with E-state index in [1.165, 1.54) is 0 Å². The second-order valence-corrected chi connectivity index (χ2v) is 5.02. The van der Waals surface area contributed by atoms with Crippen molar-refractivity contribution in [1.29, 1.82) is 0 Å². The molecule has 0 fully saturated rings. The standard InChI is InChI=1S/C11H15Br2NO2/c1-3-11(4-2,7-12)14-10(15)8-5-6-9(13)16-8/h5-6H,3-4,7H2,1-2H3,(H,14,15). The van der Waals surface area contributed by atoms with Crippen LogP contribution in [0.15, 0.2) is 21.2 Å². The Labute approximate surface area is 112 Å². The summed E-state index contributed by atoms with van der Waals surface area (Å²) in [5.74, 6) is 0.160. The van der Waals surface area contributed by atoms with Crippen LogP contribution in [0.3, 0.4) is 0 Å². The van der Waals surface area contributed by atoms with E-state index in [4.69, 9.17) is 4.42 Å². The summed E-state index contributed by atoms with van der Waals surface area (Å²) in [6.45, 7) is 4.12. The minimum absolute atomic E-state index is 0.172. The van der Waals surface area contributed by atoms with Crippen LogP contribution in [-0.4, -0.2) is 16.8 Å². The highest BCUT2D eigenvalue weighted by atomic mass is 79.9. The molecule has 90 valence electrons. The lowest BCUT2D eigenvalue weighted by atomic mass is 9.95. The van der Waals surface area contributed by atoms with Crippen molar-refractivity contribution in [3.05, 3.63) is 22.6 Å². The van der Waals surface area contributed by atoms with Gasteiger partial charge in [0, 0.05) is 10.9 Å². The fourth-order valence-electron chi connectivity index (χ4n) is 1.39. The van der Waals surface area contributed by atoms with Gasteiger partial charge >= 0.3 is 0 Å². The topological polar surface area (TPSA) is 42.2 Å². The van der Waals surface area contributed by atoms with Crippen LogP contribution in [0, 0.1) is 0 Å². The van der Waals surface area contributed by atoms with Crippen LogP contribution in [-0.2, 0) is 0 Å². The van der Waals surface area contributed by atoms with Crippen LogP contribution < -0.4 is 5.32 Å². The zero-order valence-electron chi connectivity index (χ0n) is 9.35. The van der Waals surface area contributed by atoms with Crippen molar-refractivity contribution >= 4 is 37.8 Å². The lowest BCUT2D eigenvalue weighted by molar-refractivity contribution is 0.0874. The number of furan rings is 1. The first-order chi connectivity index (χ1) is 7.56. The molecule has 16 heavy (non-hydrogen) atoms. The summed E-state index contributed by atoms with van der Waals surface area (Å²) in [6, 6.07) is 3.37. The third-order valence-electron chi connectivity index (χ3n) is 2.79. The van der Waals surface area contributed by atoms with Crippen molar-refractivity contribution in [2.24, 2.45) is 0 Å². The van der Waals surface area contributed by atoms with Gasteiger partial charge in [-0.3, -0.25) is 4.79 Å². The molecule has 0 saturated heterocycles. The fourth-order valence-corrected chi connectivity index (χ4v) is 2.63. The predicted molar refractivity (Wildman–Crippen MR) is 71.0 cm³/mol. The molecular weight excluding hydrogens is 338 g/mol. The SMILES string of the molecule is CCC(CC)(CBr)NC(=O)c1ccc(Br)o1. The number of rotatable bonds is 5. The van der Waals surface area contributed by atoms with Gasteiger partial charge in [-0.25, -0.2) is 0 Å². The Bertz CT molecular complexity index is 350. The molecule has 1 rings (SSSR count). The van der Waals surface area contributed by atoms with E-state index in [1.54, 1.807) is 12.1 Å². The average Bonchev–Trinajstić information content (AvgIpc) is 2.73. The zero-order chi connectivity index (χ0) is 12.2. The molecule has 5 heteroatoms. The van der Waals surface area contributed by atoms with E-state index in [9.17, 15) is 4.79 Å². The van der Waals surface area contributed by atoms with Crippen LogP contribution in [0.5, 0.6) is 0 Å². The molecule has 3 nitrogen and oxygen atoms in total. The summed E-state index contributed by atoms with van der Waals surface area (Å²) in [6.07, 6.45) is 1.75. The van der Waals surface area contributed by atoms with E-state index < -0.39 is 0 Å². The molecule has 0 bridgehead atoms. The molecule has 1 aromatic rings. The number of hydrogen-bond donors (Lipinski definition) is 1. The van der Waals surface area contributed by atoms with Gasteiger partial charge < -0.3 is 9.73 Å². The Morgan fingerprint density at radius 1 is 1.44 bits per heavy atom. The van der Waals surface area contributed by atoms with Crippen LogP contribution >= 0.6 is 31.9 Å². The quantitative estimate of drug-likeness (QED) is 0.820. The third-order valence-corrected chi connectivity index (χ3v) is 4.28. The Morgan fingerprint density at radius 2 is 2.06 bits per heavy atom. The maximum atomic E-state index is 11.9. The highest BCUT2D eigenvalue weighted by molar-refractivity contribution is 9.10. The first-order valence-electron chi connectivity index (χ1n) is 5.20. The maximum Gasteiger partial charge on any atom is 0.287 e. The van der Waals surface area contributed by atoms with Gasteiger partial charge in [-0.15, -0.1) is 0 Å². The van der Waals surface area contributed by atoms with Gasteiger partial charge in [0.25, 0.3) is 5.91 Å². The number of nitrogens with one attached hydrogen (secondary N) is 1. The maximum absolute atomic E-state index is 11.9. The molecule has 0 aromatic carbocycles. The Hall–Kier alpha value is -0.290. The van der Waals surface area contributed by atoms with Crippen LogP contribution in [0.2, 0.25) is 0 Å². The summed E-state index contributed by atoms with van der Waals surface area (Å²) >= 11 is 6.62. The molecule has 1 N–H and O–H groups in total. The number of halogens is 2. The van der Waals surface area contributed by atoms with Gasteiger partial charge in [-0.2, -0.15) is 0 Å². The Morgan fingerprint density at radius 3 is 2.44 bits per heavy atom. The molecule has 1 heterocycles. The van der Waals surface area contributed by atoms with Gasteiger partial charge in [0.2, 0.25) is 0 Å². The average molecular weight is 353 g/mol. The molecule has 0 saturated carbocycles. The summed E-state index contributed by atoms with van der Waals surface area (Å²) in [5, 5.41) is 3.75. The minimum Gasteiger partial charge on any atom is -0.444 e. The van der Waals surface area contributed by atoms with Gasteiger partial charge in [0.05, 0.1) is 0 Å². The minimum atomic E-state index is -0.198. The van der Waals surface area contributed by atoms with E-state index in [0.717, 1.165) is 18.2 Å². The van der Waals surface area contributed by atoms with Gasteiger partial charge in [-0.1, -0.05) is 29.8 Å². The van der Waals surface area contributed by atoms with Crippen LogP contribution in [0.4, 0.5) is 0 Å². The molecule has 0 spiro atoms. The zero-order valence-corrected chi connectivity index (χ0v) is 12.5. The molecule has 0 aliphatic rings. The van der Waals surface area contributed by atoms with E-state index in [2.05, 4.69) is 51.0 Å². The van der Waals surface area contributed by atoms with Crippen LogP contribution in [0.1, 0.15) is 37.2 Å². The lowest BCUT2D eigenvalue weighted by Gasteiger charge is -2.30. The highest BCUT2D eigenvalue weighted by Crippen LogP contribution is 2.20. The monoisotopic (exact) mass is 351 g/mol. The predicted octanol–water partition coefficient (Wildman–Crippen LogP) is 3.73. The molecule has 0 radical (unpaired) electrons. The van der Waals surface area contributed by atoms with E-state index in [0.29, 0.717) is 10.4 Å². The van der Waals surface area contributed by atoms with Crippen molar-refractivity contribution in [3.8, 4) is 0 Å². The first-order valence-corrected chi connectivity index (χ1v) is 7.12. The van der Waals surface area contributed by atoms with Gasteiger partial charge in [0.15, 0.2) is 10.4 Å². The van der Waals surface area contributed by atoms with Crippen molar-refractivity contribution in [3.63, 3.8) is 0 Å². The number of hydrogen-bond acceptors (Lipinski definition) is 2. The largest absolute Gasteiger partial charge is 0.444 e. The van der Waals surface area contributed by atoms with E-state index >= 15 is 0 Å².